The van der Waals surface area contributed by atoms with E-state index in [2.05, 4.69) is 20.4 Å². The van der Waals surface area contributed by atoms with Crippen molar-refractivity contribution in [2.24, 2.45) is 15.9 Å². The van der Waals surface area contributed by atoms with E-state index in [1.165, 1.54) is 35.8 Å². The molecule has 220 valence electrons. The molecule has 3 atom stereocenters. The standard InChI is InChI=1S/C23H28N8O7S3/c1-4-23(2,20(36)37)38-29-13(11-9-40-21(25)26-11)16(32)28-14-17(33)31-15(19(34)35)10(7-39-18(14)31)8-41-22-27-12(24)5-6-30(22)3/h5,9,14,18H,4,6-8,24H2,1-3H3,(H2,25,26)(H,28,32)(H,34,35)(H,36,37)/b29-13-/t14?,18-,23?/m0/s1. The van der Waals surface area contributed by atoms with E-state index in [0.717, 1.165) is 16.2 Å². The molecule has 0 aromatic carbocycles. The van der Waals surface area contributed by atoms with Gasteiger partial charge in [0.15, 0.2) is 16.0 Å². The predicted octanol–water partition coefficient (Wildman–Crippen LogP) is 0.273. The molecule has 1 fully saturated rings. The molecule has 0 aliphatic carbocycles. The van der Waals surface area contributed by atoms with Gasteiger partial charge in [-0.05, 0) is 25.0 Å². The highest BCUT2D eigenvalue weighted by Crippen LogP contribution is 2.41. The number of fused-ring (bicyclic) bond motifs is 1. The summed E-state index contributed by atoms with van der Waals surface area (Å²) in [5, 5.41) is 27.4. The number of hydrogen-bond acceptors (Lipinski definition) is 14. The van der Waals surface area contributed by atoms with Gasteiger partial charge in [0, 0.05) is 30.5 Å². The van der Waals surface area contributed by atoms with Gasteiger partial charge in [-0.25, -0.2) is 19.6 Å². The van der Waals surface area contributed by atoms with Gasteiger partial charge >= 0.3 is 11.9 Å². The van der Waals surface area contributed by atoms with Crippen LogP contribution in [0.2, 0.25) is 0 Å². The highest BCUT2D eigenvalue weighted by Gasteiger charge is 2.54. The van der Waals surface area contributed by atoms with E-state index in [1.807, 2.05) is 11.9 Å². The Morgan fingerprint density at radius 3 is 2.68 bits per heavy atom. The number of β-lactam (4-membered cyclic amide) rings is 1. The number of likely N-dealkylation sites (N-methyl/N-ethyl adjacent to an activating group) is 1. The number of aromatic nitrogens is 1. The van der Waals surface area contributed by atoms with Crippen molar-refractivity contribution < 1.29 is 34.2 Å². The zero-order chi connectivity index (χ0) is 30.1. The van der Waals surface area contributed by atoms with Gasteiger partial charge < -0.3 is 36.7 Å². The number of thiazole rings is 1. The van der Waals surface area contributed by atoms with Crippen molar-refractivity contribution in [3.63, 3.8) is 0 Å². The molecule has 15 nitrogen and oxygen atoms in total. The molecule has 2 amide bonds. The van der Waals surface area contributed by atoms with E-state index >= 15 is 0 Å². The molecule has 2 unspecified atom stereocenters. The second-order valence-corrected chi connectivity index (χ2v) is 12.2. The molecule has 4 heterocycles. The zero-order valence-corrected chi connectivity index (χ0v) is 24.6. The van der Waals surface area contributed by atoms with Crippen LogP contribution in [0.25, 0.3) is 0 Å². The SMILES string of the molecule is CCC(C)(O/N=C(\C(=O)NC1C(=O)N2C(C(=O)O)=C(CSC3=NC(N)=CCN3C)CS[C@@H]12)c1csc(N)n1)C(=O)O. The summed E-state index contributed by atoms with van der Waals surface area (Å²) in [6.45, 7) is 3.46. The number of hydrogen-bond donors (Lipinski definition) is 5. The zero-order valence-electron chi connectivity index (χ0n) is 22.2. The van der Waals surface area contributed by atoms with Gasteiger partial charge in [-0.15, -0.1) is 23.1 Å². The van der Waals surface area contributed by atoms with Crippen LogP contribution < -0.4 is 16.8 Å². The van der Waals surface area contributed by atoms with E-state index in [-0.39, 0.29) is 34.4 Å². The van der Waals surface area contributed by atoms with Crippen LogP contribution in [0.5, 0.6) is 0 Å². The average Bonchev–Trinajstić information content (AvgIpc) is 3.36. The summed E-state index contributed by atoms with van der Waals surface area (Å²) in [4.78, 5) is 66.9. The number of carbonyl (C=O) groups excluding carboxylic acids is 2. The Hall–Kier alpha value is -3.77. The second kappa shape index (κ2) is 12.0. The summed E-state index contributed by atoms with van der Waals surface area (Å²) in [5.41, 5.74) is 9.84. The number of carboxylic acids is 2. The van der Waals surface area contributed by atoms with Crippen LogP contribution >= 0.6 is 34.9 Å². The second-order valence-electron chi connectivity index (χ2n) is 9.30. The number of amidine groups is 1. The molecule has 0 radical (unpaired) electrons. The van der Waals surface area contributed by atoms with Gasteiger partial charge in [-0.1, -0.05) is 23.8 Å². The number of nitrogens with one attached hydrogen (secondary N) is 1. The minimum absolute atomic E-state index is 0.0327. The molecule has 1 aromatic heterocycles. The number of carboxylic acid groups (broad SMARTS) is 2. The first kappa shape index (κ1) is 30.2. The number of anilines is 1. The lowest BCUT2D eigenvalue weighted by Gasteiger charge is -2.49. The lowest BCUT2D eigenvalue weighted by Crippen LogP contribution is -2.71. The summed E-state index contributed by atoms with van der Waals surface area (Å²) >= 11 is 3.65. The Balaban J connectivity index is 1.52. The van der Waals surface area contributed by atoms with Crippen LogP contribution in [-0.2, 0) is 24.0 Å². The molecule has 4 rings (SSSR count). The van der Waals surface area contributed by atoms with Crippen molar-refractivity contribution in [2.75, 3.05) is 30.8 Å². The molecule has 1 saturated heterocycles. The number of carbonyl (C=O) groups is 4. The number of aliphatic carboxylic acids is 2. The first-order valence-electron chi connectivity index (χ1n) is 12.2. The third-order valence-electron chi connectivity index (χ3n) is 6.48. The molecule has 0 saturated carbocycles. The third-order valence-corrected chi connectivity index (χ3v) is 9.65. The van der Waals surface area contributed by atoms with Gasteiger partial charge in [0.1, 0.15) is 28.6 Å². The molecule has 0 spiro atoms. The smallest absolute Gasteiger partial charge is 0.352 e. The number of aliphatic imine (C=N–C) groups is 1. The quantitative estimate of drug-likeness (QED) is 0.134. The van der Waals surface area contributed by atoms with E-state index < -0.39 is 40.8 Å². The maximum atomic E-state index is 13.3. The van der Waals surface area contributed by atoms with Gasteiger partial charge in [-0.3, -0.25) is 14.5 Å². The number of nitrogens with zero attached hydrogens (tertiary/aromatic N) is 5. The van der Waals surface area contributed by atoms with Crippen LogP contribution in [0, 0.1) is 0 Å². The van der Waals surface area contributed by atoms with Crippen molar-refractivity contribution in [1.82, 2.24) is 20.1 Å². The average molecular weight is 625 g/mol. The summed E-state index contributed by atoms with van der Waals surface area (Å²) in [7, 11) is 1.84. The third kappa shape index (κ3) is 6.13. The Morgan fingerprint density at radius 1 is 1.34 bits per heavy atom. The highest BCUT2D eigenvalue weighted by molar-refractivity contribution is 8.14. The van der Waals surface area contributed by atoms with Crippen LogP contribution in [-0.4, -0.2) is 102 Å². The highest BCUT2D eigenvalue weighted by atomic mass is 32.2. The summed E-state index contributed by atoms with van der Waals surface area (Å²) in [6, 6.07) is -1.06. The number of oxime groups is 1. The number of nitrogens with two attached hydrogens (primary N) is 2. The van der Waals surface area contributed by atoms with Gasteiger partial charge in [0.05, 0.1) is 0 Å². The largest absolute Gasteiger partial charge is 0.478 e. The molecule has 3 aliphatic rings. The van der Waals surface area contributed by atoms with Crippen LogP contribution in [0.3, 0.4) is 0 Å². The molecule has 1 aromatic rings. The van der Waals surface area contributed by atoms with Crippen molar-refractivity contribution in [3.05, 3.63) is 34.2 Å². The molecular formula is C23H28N8O7S3. The minimum atomic E-state index is -1.72. The summed E-state index contributed by atoms with van der Waals surface area (Å²) in [5.74, 6) is -3.06. The maximum Gasteiger partial charge on any atom is 0.352 e. The van der Waals surface area contributed by atoms with Crippen molar-refractivity contribution in [3.8, 4) is 0 Å². The molecule has 41 heavy (non-hydrogen) atoms. The maximum absolute atomic E-state index is 13.3. The molecular weight excluding hydrogens is 597 g/mol. The van der Waals surface area contributed by atoms with Gasteiger partial charge in [0.25, 0.3) is 11.8 Å². The topological polar surface area (TPSA) is 226 Å². The number of thioether (sulfide) groups is 2. The van der Waals surface area contributed by atoms with E-state index in [0.29, 0.717) is 28.9 Å². The Labute approximate surface area is 246 Å². The molecule has 7 N–H and O–H groups in total. The summed E-state index contributed by atoms with van der Waals surface area (Å²) < 4.78 is 0. The van der Waals surface area contributed by atoms with Crippen LogP contribution in [0.4, 0.5) is 5.13 Å². The fourth-order valence-corrected chi connectivity index (χ4v) is 6.88. The van der Waals surface area contributed by atoms with E-state index in [9.17, 15) is 29.4 Å². The van der Waals surface area contributed by atoms with Crippen LogP contribution in [0.15, 0.2) is 38.7 Å². The fourth-order valence-electron chi connectivity index (χ4n) is 3.85. The fraction of sp³-hybridized carbons (Fsp3) is 0.435. The number of rotatable bonds is 10. The van der Waals surface area contributed by atoms with Gasteiger partial charge in [0.2, 0.25) is 5.60 Å². The van der Waals surface area contributed by atoms with Crippen molar-refractivity contribution in [1.29, 1.82) is 0 Å². The molecule has 3 aliphatic heterocycles. The lowest BCUT2D eigenvalue weighted by atomic mass is 10.0. The lowest BCUT2D eigenvalue weighted by molar-refractivity contribution is -0.164. The Bertz CT molecular complexity index is 1410. The number of nitrogen functional groups attached to an aromatic ring is 1. The van der Waals surface area contributed by atoms with Crippen LogP contribution in [0.1, 0.15) is 26.0 Å². The Kier molecular flexibility index (Phi) is 8.83. The molecule has 18 heteroatoms. The van der Waals surface area contributed by atoms with Gasteiger partial charge in [-0.2, -0.15) is 0 Å². The van der Waals surface area contributed by atoms with E-state index in [4.69, 9.17) is 16.3 Å². The monoisotopic (exact) mass is 624 g/mol. The first-order chi connectivity index (χ1) is 19.4. The summed E-state index contributed by atoms with van der Waals surface area (Å²) in [6.07, 6.45) is 1.81. The molecule has 0 bridgehead atoms. The number of amides is 2. The predicted molar refractivity (Wildman–Crippen MR) is 155 cm³/mol. The normalized spacial score (nSPS) is 22.2. The minimum Gasteiger partial charge on any atom is -0.478 e. The Morgan fingerprint density at radius 2 is 2.07 bits per heavy atom. The van der Waals surface area contributed by atoms with Crippen molar-refractivity contribution >= 4 is 74.6 Å². The van der Waals surface area contributed by atoms with E-state index in [1.54, 1.807) is 13.0 Å². The van der Waals surface area contributed by atoms with Crippen molar-refractivity contribution in [2.45, 2.75) is 37.3 Å². The first-order valence-corrected chi connectivity index (χ1v) is 15.1.